The van der Waals surface area contributed by atoms with Gasteiger partial charge in [-0.3, -0.25) is 0 Å². The number of benzene rings is 1. The fraction of sp³-hybridized carbons (Fsp3) is 0.538. The van der Waals surface area contributed by atoms with Crippen molar-refractivity contribution in [3.05, 3.63) is 24.3 Å². The van der Waals surface area contributed by atoms with Crippen LogP contribution in [0, 0.1) is 0 Å². The number of nitrogens with one attached hydrogen (secondary N) is 1. The van der Waals surface area contributed by atoms with Crippen molar-refractivity contribution in [1.82, 2.24) is 4.90 Å². The predicted molar refractivity (Wildman–Crippen MR) is 76.6 cm³/mol. The molecule has 1 aliphatic rings. The van der Waals surface area contributed by atoms with Gasteiger partial charge in [0, 0.05) is 18.3 Å². The quantitative estimate of drug-likeness (QED) is 0.871. The smallest absolute Gasteiger partial charge is 0.238 e. The van der Waals surface area contributed by atoms with Crippen molar-refractivity contribution in [2.75, 3.05) is 25.5 Å². The molecule has 1 aliphatic heterocycles. The molecule has 0 saturated carbocycles. The second-order valence-electron chi connectivity index (χ2n) is 5.08. The molecule has 1 aromatic carbocycles. The molecule has 106 valence electrons. The highest BCUT2D eigenvalue weighted by Gasteiger charge is 2.18. The van der Waals surface area contributed by atoms with E-state index in [0.29, 0.717) is 6.04 Å². The minimum Gasteiger partial charge on any atom is -0.383 e. The molecule has 0 bridgehead atoms. The number of likely N-dealkylation sites (N-methyl/N-ethyl adjacent to an activating group) is 1. The molecule has 2 rings (SSSR count). The minimum absolute atomic E-state index is 0.146. The van der Waals surface area contributed by atoms with Gasteiger partial charge in [-0.15, -0.1) is 0 Å². The topological polar surface area (TPSA) is 75.4 Å². The van der Waals surface area contributed by atoms with Crippen molar-refractivity contribution in [3.63, 3.8) is 0 Å². The van der Waals surface area contributed by atoms with Crippen LogP contribution in [0.25, 0.3) is 0 Å². The molecule has 0 amide bonds. The van der Waals surface area contributed by atoms with Gasteiger partial charge >= 0.3 is 0 Å². The standard InChI is InChI=1S/C13H21N3O2S/c1-16-9-3-2-4-12(16)10-15-11-5-7-13(8-6-11)19(14,17)18/h5-8,12,15H,2-4,9-10H2,1H3,(H2,14,17,18). The van der Waals surface area contributed by atoms with Crippen molar-refractivity contribution >= 4 is 15.7 Å². The van der Waals surface area contributed by atoms with E-state index in [9.17, 15) is 8.42 Å². The van der Waals surface area contributed by atoms with Crippen molar-refractivity contribution in [2.24, 2.45) is 5.14 Å². The Bertz CT molecular complexity index is 513. The van der Waals surface area contributed by atoms with Gasteiger partial charge in [0.1, 0.15) is 0 Å². The highest BCUT2D eigenvalue weighted by Crippen LogP contribution is 2.17. The molecule has 19 heavy (non-hydrogen) atoms. The van der Waals surface area contributed by atoms with Crippen molar-refractivity contribution in [1.29, 1.82) is 0 Å². The normalized spacial score (nSPS) is 21.3. The number of sulfonamides is 1. The maximum absolute atomic E-state index is 11.1. The molecule has 0 spiro atoms. The van der Waals surface area contributed by atoms with Gasteiger partial charge in [-0.1, -0.05) is 6.42 Å². The molecule has 6 heteroatoms. The molecule has 1 heterocycles. The van der Waals surface area contributed by atoms with E-state index in [-0.39, 0.29) is 4.90 Å². The first kappa shape index (κ1) is 14.3. The van der Waals surface area contributed by atoms with Crippen molar-refractivity contribution < 1.29 is 8.42 Å². The maximum atomic E-state index is 11.1. The van der Waals surface area contributed by atoms with Gasteiger partial charge in [-0.25, -0.2) is 13.6 Å². The lowest BCUT2D eigenvalue weighted by molar-refractivity contribution is 0.194. The Morgan fingerprint density at radius 3 is 2.58 bits per heavy atom. The zero-order valence-electron chi connectivity index (χ0n) is 11.2. The Morgan fingerprint density at radius 2 is 2.00 bits per heavy atom. The van der Waals surface area contributed by atoms with Crippen LogP contribution in [-0.2, 0) is 10.0 Å². The first-order valence-corrected chi connectivity index (χ1v) is 8.08. The average Bonchev–Trinajstić information content (AvgIpc) is 2.37. The fourth-order valence-electron chi connectivity index (χ4n) is 2.40. The monoisotopic (exact) mass is 283 g/mol. The molecule has 0 aliphatic carbocycles. The number of rotatable bonds is 4. The second kappa shape index (κ2) is 5.90. The summed E-state index contributed by atoms with van der Waals surface area (Å²) in [6.45, 7) is 2.03. The van der Waals surface area contributed by atoms with Crippen LogP contribution in [0.3, 0.4) is 0 Å². The van der Waals surface area contributed by atoms with Crippen LogP contribution in [-0.4, -0.2) is 39.5 Å². The summed E-state index contributed by atoms with van der Waals surface area (Å²) in [5.41, 5.74) is 0.923. The summed E-state index contributed by atoms with van der Waals surface area (Å²) in [6, 6.07) is 7.11. The van der Waals surface area contributed by atoms with E-state index in [1.165, 1.54) is 31.4 Å². The SMILES string of the molecule is CN1CCCCC1CNc1ccc(S(N)(=O)=O)cc1. The van der Waals surface area contributed by atoms with Gasteiger partial charge in [-0.2, -0.15) is 0 Å². The summed E-state index contributed by atoms with van der Waals surface area (Å²) in [6.07, 6.45) is 3.76. The molecule has 1 atom stereocenters. The predicted octanol–water partition coefficient (Wildman–Crippen LogP) is 1.23. The lowest BCUT2D eigenvalue weighted by atomic mass is 10.0. The van der Waals surface area contributed by atoms with Crippen LogP contribution in [0.5, 0.6) is 0 Å². The Kier molecular flexibility index (Phi) is 4.44. The molecule has 1 unspecified atom stereocenters. The molecule has 5 nitrogen and oxygen atoms in total. The highest BCUT2D eigenvalue weighted by molar-refractivity contribution is 7.89. The first-order valence-electron chi connectivity index (χ1n) is 6.54. The average molecular weight is 283 g/mol. The Morgan fingerprint density at radius 1 is 1.32 bits per heavy atom. The van der Waals surface area contributed by atoms with Crippen LogP contribution < -0.4 is 10.5 Å². The number of anilines is 1. The summed E-state index contributed by atoms with van der Waals surface area (Å²) in [7, 11) is -1.45. The molecule has 0 radical (unpaired) electrons. The van der Waals surface area contributed by atoms with E-state index < -0.39 is 10.0 Å². The summed E-state index contributed by atoms with van der Waals surface area (Å²) in [5.74, 6) is 0. The summed E-state index contributed by atoms with van der Waals surface area (Å²) < 4.78 is 22.3. The number of primary sulfonamides is 1. The van der Waals surface area contributed by atoms with Crippen LogP contribution in [0.4, 0.5) is 5.69 Å². The highest BCUT2D eigenvalue weighted by atomic mass is 32.2. The molecule has 1 aromatic rings. The number of hydrogen-bond donors (Lipinski definition) is 2. The van der Waals surface area contributed by atoms with E-state index in [4.69, 9.17) is 5.14 Å². The van der Waals surface area contributed by atoms with E-state index in [2.05, 4.69) is 17.3 Å². The zero-order chi connectivity index (χ0) is 13.9. The third-order valence-corrected chi connectivity index (χ3v) is 4.58. The van der Waals surface area contributed by atoms with E-state index in [0.717, 1.165) is 18.8 Å². The van der Waals surface area contributed by atoms with Crippen LogP contribution >= 0.6 is 0 Å². The number of piperidine rings is 1. The Hall–Kier alpha value is -1.11. The maximum Gasteiger partial charge on any atom is 0.238 e. The van der Waals surface area contributed by atoms with Gasteiger partial charge in [-0.05, 0) is 50.7 Å². The zero-order valence-corrected chi connectivity index (χ0v) is 12.0. The number of nitrogens with two attached hydrogens (primary N) is 1. The van der Waals surface area contributed by atoms with Gasteiger partial charge in [0.25, 0.3) is 0 Å². The molecular weight excluding hydrogens is 262 g/mol. The Balaban J connectivity index is 1.93. The number of hydrogen-bond acceptors (Lipinski definition) is 4. The van der Waals surface area contributed by atoms with E-state index >= 15 is 0 Å². The summed E-state index contributed by atoms with van der Waals surface area (Å²) in [5, 5.41) is 8.41. The molecule has 1 fully saturated rings. The summed E-state index contributed by atoms with van der Waals surface area (Å²) >= 11 is 0. The van der Waals surface area contributed by atoms with Crippen LogP contribution in [0.15, 0.2) is 29.2 Å². The molecule has 3 N–H and O–H groups in total. The van der Waals surface area contributed by atoms with Crippen LogP contribution in [0.1, 0.15) is 19.3 Å². The third-order valence-electron chi connectivity index (χ3n) is 3.65. The first-order chi connectivity index (χ1) is 8.97. The largest absolute Gasteiger partial charge is 0.383 e. The van der Waals surface area contributed by atoms with Gasteiger partial charge in [0.05, 0.1) is 4.90 Å². The molecular formula is C13H21N3O2S. The van der Waals surface area contributed by atoms with Crippen molar-refractivity contribution in [3.8, 4) is 0 Å². The third kappa shape index (κ3) is 3.92. The van der Waals surface area contributed by atoms with Gasteiger partial charge in [0.15, 0.2) is 0 Å². The van der Waals surface area contributed by atoms with Crippen LogP contribution in [0.2, 0.25) is 0 Å². The van der Waals surface area contributed by atoms with Crippen molar-refractivity contribution in [2.45, 2.75) is 30.2 Å². The van der Waals surface area contributed by atoms with E-state index in [1.54, 1.807) is 12.1 Å². The second-order valence-corrected chi connectivity index (χ2v) is 6.64. The number of likely N-dealkylation sites (tertiary alicyclic amines) is 1. The van der Waals surface area contributed by atoms with E-state index in [1.807, 2.05) is 0 Å². The summed E-state index contributed by atoms with van der Waals surface area (Å²) in [4.78, 5) is 2.52. The Labute approximate surface area is 114 Å². The van der Waals surface area contributed by atoms with Gasteiger partial charge in [0.2, 0.25) is 10.0 Å². The lowest BCUT2D eigenvalue weighted by Gasteiger charge is -2.32. The van der Waals surface area contributed by atoms with Gasteiger partial charge < -0.3 is 10.2 Å². The fourth-order valence-corrected chi connectivity index (χ4v) is 2.92. The lowest BCUT2D eigenvalue weighted by Crippen LogP contribution is -2.40. The minimum atomic E-state index is -3.60. The molecule has 0 aromatic heterocycles. The number of nitrogens with zero attached hydrogens (tertiary/aromatic N) is 1. The molecule has 1 saturated heterocycles.